The molecule has 1 rings (SSSR count). The summed E-state index contributed by atoms with van der Waals surface area (Å²) in [5.41, 5.74) is 1.10. The van der Waals surface area contributed by atoms with Gasteiger partial charge in [0, 0.05) is 32.2 Å². The van der Waals surface area contributed by atoms with E-state index in [1.54, 1.807) is 13.1 Å². The molecule has 0 heterocycles. The van der Waals surface area contributed by atoms with E-state index in [2.05, 4.69) is 47.0 Å². The summed E-state index contributed by atoms with van der Waals surface area (Å²) in [6.45, 7) is 13.4. The quantitative estimate of drug-likeness (QED) is 0.372. The molecule has 0 aliphatic rings. The van der Waals surface area contributed by atoms with Crippen molar-refractivity contribution in [1.29, 1.82) is 0 Å². The second-order valence-electron chi connectivity index (χ2n) is 5.49. The molecule has 0 saturated heterocycles. The van der Waals surface area contributed by atoms with Gasteiger partial charge in [0.2, 0.25) is 0 Å². The molecule has 0 atom stereocenters. The number of rotatable bonds is 11. The number of para-hydroxylation sites is 1. The van der Waals surface area contributed by atoms with Crippen molar-refractivity contribution >= 4 is 5.96 Å². The maximum Gasteiger partial charge on any atom is 0.191 e. The van der Waals surface area contributed by atoms with Gasteiger partial charge in [-0.3, -0.25) is 4.99 Å². The summed E-state index contributed by atoms with van der Waals surface area (Å²) in [5.74, 6) is 1.68. The SMILES string of the molecule is C=CCOc1ccccc1CNC(=NC)NCCN(CC)CCC. The summed E-state index contributed by atoms with van der Waals surface area (Å²) in [6.07, 6.45) is 2.93. The van der Waals surface area contributed by atoms with E-state index >= 15 is 0 Å². The summed E-state index contributed by atoms with van der Waals surface area (Å²) in [6, 6.07) is 8.01. The smallest absolute Gasteiger partial charge is 0.191 e. The number of guanidine groups is 1. The zero-order valence-electron chi connectivity index (χ0n) is 15.3. The number of hydrogen-bond acceptors (Lipinski definition) is 3. The van der Waals surface area contributed by atoms with Gasteiger partial charge in [0.1, 0.15) is 12.4 Å². The van der Waals surface area contributed by atoms with Crippen molar-refractivity contribution in [2.24, 2.45) is 4.99 Å². The Morgan fingerprint density at radius 3 is 2.71 bits per heavy atom. The van der Waals surface area contributed by atoms with Crippen molar-refractivity contribution in [3.05, 3.63) is 42.5 Å². The number of likely N-dealkylation sites (N-methyl/N-ethyl adjacent to an activating group) is 1. The Morgan fingerprint density at radius 1 is 1.25 bits per heavy atom. The molecule has 0 unspecified atom stereocenters. The minimum Gasteiger partial charge on any atom is -0.489 e. The predicted octanol–water partition coefficient (Wildman–Crippen LogP) is 2.65. The molecule has 0 bridgehead atoms. The lowest BCUT2D eigenvalue weighted by Gasteiger charge is -2.20. The van der Waals surface area contributed by atoms with Crippen LogP contribution in [-0.4, -0.2) is 50.7 Å². The molecule has 5 nitrogen and oxygen atoms in total. The van der Waals surface area contributed by atoms with Crippen molar-refractivity contribution in [3.8, 4) is 5.75 Å². The minimum absolute atomic E-state index is 0.508. The van der Waals surface area contributed by atoms with Crippen LogP contribution in [0, 0.1) is 0 Å². The van der Waals surface area contributed by atoms with Crippen LogP contribution in [0.2, 0.25) is 0 Å². The van der Waals surface area contributed by atoms with E-state index in [9.17, 15) is 0 Å². The summed E-state index contributed by atoms with van der Waals surface area (Å²) in [7, 11) is 1.79. The van der Waals surface area contributed by atoms with Crippen LogP contribution < -0.4 is 15.4 Å². The Bertz CT molecular complexity index is 502. The van der Waals surface area contributed by atoms with Gasteiger partial charge in [-0.15, -0.1) is 0 Å². The molecular formula is C19H32N4O. The van der Waals surface area contributed by atoms with Crippen LogP contribution >= 0.6 is 0 Å². The van der Waals surface area contributed by atoms with Crippen molar-refractivity contribution in [2.45, 2.75) is 26.8 Å². The average molecular weight is 332 g/mol. The molecule has 2 N–H and O–H groups in total. The fourth-order valence-corrected chi connectivity index (χ4v) is 2.42. The lowest BCUT2D eigenvalue weighted by molar-refractivity contribution is 0.293. The molecule has 0 fully saturated rings. The highest BCUT2D eigenvalue weighted by Gasteiger charge is 2.05. The zero-order chi connectivity index (χ0) is 17.6. The van der Waals surface area contributed by atoms with Gasteiger partial charge in [0.05, 0.1) is 0 Å². The van der Waals surface area contributed by atoms with Gasteiger partial charge in [0.15, 0.2) is 5.96 Å². The van der Waals surface area contributed by atoms with Crippen LogP contribution in [0.25, 0.3) is 0 Å². The van der Waals surface area contributed by atoms with Crippen molar-refractivity contribution in [3.63, 3.8) is 0 Å². The first kappa shape index (κ1) is 20.0. The van der Waals surface area contributed by atoms with E-state index in [0.29, 0.717) is 13.2 Å². The lowest BCUT2D eigenvalue weighted by Crippen LogP contribution is -2.41. The molecule has 0 spiro atoms. The molecule has 0 saturated carbocycles. The standard InChI is InChI=1S/C19H32N4O/c1-5-13-23(7-3)14-12-21-19(20-4)22-16-17-10-8-9-11-18(17)24-15-6-2/h6,8-11H,2,5,7,12-16H2,1,3-4H3,(H2,20,21,22). The molecule has 0 aliphatic heterocycles. The second kappa shape index (κ2) is 12.4. The van der Waals surface area contributed by atoms with Crippen molar-refractivity contribution in [2.75, 3.05) is 39.8 Å². The van der Waals surface area contributed by atoms with Gasteiger partial charge >= 0.3 is 0 Å². The predicted molar refractivity (Wildman–Crippen MR) is 103 cm³/mol. The van der Waals surface area contributed by atoms with Crippen molar-refractivity contribution < 1.29 is 4.74 Å². The summed E-state index contributed by atoms with van der Waals surface area (Å²) in [4.78, 5) is 6.71. The highest BCUT2D eigenvalue weighted by Crippen LogP contribution is 2.17. The van der Waals surface area contributed by atoms with Crippen LogP contribution in [0.4, 0.5) is 0 Å². The molecule has 1 aromatic rings. The zero-order valence-corrected chi connectivity index (χ0v) is 15.3. The molecule has 0 aromatic heterocycles. The normalized spacial score (nSPS) is 11.4. The van der Waals surface area contributed by atoms with Crippen LogP contribution in [-0.2, 0) is 6.54 Å². The van der Waals surface area contributed by atoms with E-state index in [1.807, 2.05) is 18.2 Å². The number of nitrogens with one attached hydrogen (secondary N) is 2. The first-order valence-corrected chi connectivity index (χ1v) is 8.73. The number of hydrogen-bond donors (Lipinski definition) is 2. The summed E-state index contributed by atoms with van der Waals surface area (Å²) < 4.78 is 5.68. The highest BCUT2D eigenvalue weighted by atomic mass is 16.5. The average Bonchev–Trinajstić information content (AvgIpc) is 2.62. The topological polar surface area (TPSA) is 48.9 Å². The Morgan fingerprint density at radius 2 is 2.04 bits per heavy atom. The molecule has 0 amide bonds. The van der Waals surface area contributed by atoms with E-state index in [1.165, 1.54) is 6.42 Å². The van der Waals surface area contributed by atoms with Crippen LogP contribution in [0.15, 0.2) is 41.9 Å². The third-order valence-corrected chi connectivity index (χ3v) is 3.71. The maximum atomic E-state index is 5.68. The summed E-state index contributed by atoms with van der Waals surface area (Å²) in [5, 5.41) is 6.71. The van der Waals surface area contributed by atoms with Crippen LogP contribution in [0.3, 0.4) is 0 Å². The van der Waals surface area contributed by atoms with Gasteiger partial charge in [-0.1, -0.05) is 44.7 Å². The van der Waals surface area contributed by atoms with Crippen LogP contribution in [0.5, 0.6) is 5.75 Å². The van der Waals surface area contributed by atoms with Crippen LogP contribution in [0.1, 0.15) is 25.8 Å². The third kappa shape index (κ3) is 7.51. The Kier molecular flexibility index (Phi) is 10.4. The Labute approximate surface area is 146 Å². The number of ether oxygens (including phenoxy) is 1. The summed E-state index contributed by atoms with van der Waals surface area (Å²) >= 11 is 0. The van der Waals surface area contributed by atoms with E-state index < -0.39 is 0 Å². The molecule has 134 valence electrons. The first-order chi connectivity index (χ1) is 11.7. The first-order valence-electron chi connectivity index (χ1n) is 8.73. The third-order valence-electron chi connectivity index (χ3n) is 3.71. The van der Waals surface area contributed by atoms with Crippen molar-refractivity contribution in [1.82, 2.24) is 15.5 Å². The highest BCUT2D eigenvalue weighted by molar-refractivity contribution is 5.79. The van der Waals surface area contributed by atoms with Gasteiger partial charge in [-0.05, 0) is 25.6 Å². The number of nitrogens with zero attached hydrogens (tertiary/aromatic N) is 2. The molecular weight excluding hydrogens is 300 g/mol. The largest absolute Gasteiger partial charge is 0.489 e. The molecule has 24 heavy (non-hydrogen) atoms. The van der Waals surface area contributed by atoms with E-state index in [-0.39, 0.29) is 0 Å². The van der Waals surface area contributed by atoms with Gasteiger partial charge in [0.25, 0.3) is 0 Å². The lowest BCUT2D eigenvalue weighted by atomic mass is 10.2. The molecule has 0 aliphatic carbocycles. The monoisotopic (exact) mass is 332 g/mol. The molecule has 1 aromatic carbocycles. The Hall–Kier alpha value is -2.01. The maximum absolute atomic E-state index is 5.68. The number of benzene rings is 1. The fourth-order valence-electron chi connectivity index (χ4n) is 2.42. The van der Waals surface area contributed by atoms with Gasteiger partial charge in [-0.2, -0.15) is 0 Å². The molecule has 0 radical (unpaired) electrons. The molecule has 5 heteroatoms. The second-order valence-corrected chi connectivity index (χ2v) is 5.49. The van der Waals surface area contributed by atoms with E-state index in [0.717, 1.165) is 43.5 Å². The van der Waals surface area contributed by atoms with E-state index in [4.69, 9.17) is 4.74 Å². The van der Waals surface area contributed by atoms with Gasteiger partial charge in [-0.25, -0.2) is 0 Å². The minimum atomic E-state index is 0.508. The Balaban J connectivity index is 2.45. The fraction of sp³-hybridized carbons (Fsp3) is 0.526. The van der Waals surface area contributed by atoms with Gasteiger partial charge < -0.3 is 20.3 Å². The number of aliphatic imine (C=N–C) groups is 1.